The van der Waals surface area contributed by atoms with Crippen molar-refractivity contribution in [2.75, 3.05) is 6.61 Å². The summed E-state index contributed by atoms with van der Waals surface area (Å²) in [7, 11) is 0. The maximum atomic E-state index is 12.8. The molecule has 2 aromatic rings. The van der Waals surface area contributed by atoms with E-state index < -0.39 is 11.9 Å². The summed E-state index contributed by atoms with van der Waals surface area (Å²) in [5, 5.41) is 1.84. The Morgan fingerprint density at radius 2 is 1.78 bits per heavy atom. The summed E-state index contributed by atoms with van der Waals surface area (Å²) in [5.41, 5.74) is 5.76. The van der Waals surface area contributed by atoms with Gasteiger partial charge in [0, 0.05) is 32.8 Å². The molecule has 0 aliphatic carbocycles. The van der Waals surface area contributed by atoms with Crippen LogP contribution in [0.3, 0.4) is 0 Å². The zero-order valence-corrected chi connectivity index (χ0v) is 20.3. The summed E-state index contributed by atoms with van der Waals surface area (Å²) in [4.78, 5) is 22.7. The van der Waals surface area contributed by atoms with Gasteiger partial charge in [-0.3, -0.25) is 10.3 Å². The van der Waals surface area contributed by atoms with Gasteiger partial charge in [0.25, 0.3) is 0 Å². The Bertz CT molecular complexity index is 1090. The molecular formula is C23H20Cl4N2O3. The third-order valence-electron chi connectivity index (χ3n) is 4.73. The minimum Gasteiger partial charge on any atom is -0.463 e. The summed E-state index contributed by atoms with van der Waals surface area (Å²) in [6, 6.07) is 12.3. The third-order valence-corrected chi connectivity index (χ3v) is 5.87. The van der Waals surface area contributed by atoms with Crippen molar-refractivity contribution in [1.82, 2.24) is 5.48 Å². The second kappa shape index (κ2) is 11.2. The topological polar surface area (TPSA) is 59.9 Å². The third kappa shape index (κ3) is 5.85. The molecule has 1 aliphatic heterocycles. The number of hydroxylamine groups is 1. The van der Waals surface area contributed by atoms with Crippen LogP contribution >= 0.6 is 46.4 Å². The molecule has 0 fully saturated rings. The maximum absolute atomic E-state index is 12.8. The molecule has 0 unspecified atom stereocenters. The lowest BCUT2D eigenvalue weighted by Gasteiger charge is -2.27. The predicted octanol–water partition coefficient (Wildman–Crippen LogP) is 6.82. The quantitative estimate of drug-likeness (QED) is 0.250. The van der Waals surface area contributed by atoms with Gasteiger partial charge in [0.2, 0.25) is 0 Å². The van der Waals surface area contributed by atoms with Crippen molar-refractivity contribution in [3.05, 3.63) is 91.7 Å². The first-order valence-corrected chi connectivity index (χ1v) is 11.2. The van der Waals surface area contributed by atoms with Crippen LogP contribution in [-0.2, 0) is 21.0 Å². The zero-order valence-electron chi connectivity index (χ0n) is 17.3. The van der Waals surface area contributed by atoms with Gasteiger partial charge in [-0.05, 0) is 49.2 Å². The van der Waals surface area contributed by atoms with E-state index in [9.17, 15) is 4.79 Å². The Morgan fingerprint density at radius 3 is 2.44 bits per heavy atom. The van der Waals surface area contributed by atoms with Gasteiger partial charge in [-0.1, -0.05) is 64.6 Å². The van der Waals surface area contributed by atoms with Gasteiger partial charge < -0.3 is 4.74 Å². The van der Waals surface area contributed by atoms with Gasteiger partial charge in [0.15, 0.2) is 0 Å². The van der Waals surface area contributed by atoms with Crippen LogP contribution in [0, 0.1) is 0 Å². The highest BCUT2D eigenvalue weighted by atomic mass is 35.5. The van der Waals surface area contributed by atoms with Crippen LogP contribution in [-0.4, -0.2) is 17.7 Å². The number of aliphatic imine (C=N–C) groups is 1. The van der Waals surface area contributed by atoms with E-state index in [0.717, 1.165) is 11.1 Å². The molecule has 0 bridgehead atoms. The van der Waals surface area contributed by atoms with Gasteiger partial charge in [-0.15, -0.1) is 0 Å². The van der Waals surface area contributed by atoms with E-state index in [0.29, 0.717) is 31.9 Å². The Balaban J connectivity index is 1.90. The van der Waals surface area contributed by atoms with E-state index in [2.05, 4.69) is 10.5 Å². The number of nitrogens with one attached hydrogen (secondary N) is 1. The van der Waals surface area contributed by atoms with Gasteiger partial charge >= 0.3 is 5.97 Å². The van der Waals surface area contributed by atoms with Gasteiger partial charge in [-0.2, -0.15) is 0 Å². The molecule has 32 heavy (non-hydrogen) atoms. The van der Waals surface area contributed by atoms with Crippen molar-refractivity contribution in [1.29, 1.82) is 0 Å². The number of rotatable bonds is 7. The number of allylic oxidation sites excluding steroid dienone is 2. The number of esters is 1. The van der Waals surface area contributed by atoms with E-state index in [4.69, 9.17) is 56.0 Å². The summed E-state index contributed by atoms with van der Waals surface area (Å²) in [5.74, 6) is -0.982. The van der Waals surface area contributed by atoms with Gasteiger partial charge in [0.05, 0.1) is 17.9 Å². The highest BCUT2D eigenvalue weighted by Crippen LogP contribution is 2.40. The summed E-state index contributed by atoms with van der Waals surface area (Å²) >= 11 is 24.6. The minimum atomic E-state index is -0.522. The van der Waals surface area contributed by atoms with E-state index >= 15 is 0 Å². The largest absolute Gasteiger partial charge is 0.463 e. The second-order valence-corrected chi connectivity index (χ2v) is 8.49. The Kier molecular flexibility index (Phi) is 8.63. The van der Waals surface area contributed by atoms with E-state index in [-0.39, 0.29) is 18.4 Å². The van der Waals surface area contributed by atoms with Gasteiger partial charge in [0.1, 0.15) is 11.8 Å². The molecule has 3 rings (SSSR count). The summed E-state index contributed by atoms with van der Waals surface area (Å²) < 4.78 is 5.28. The van der Waals surface area contributed by atoms with Crippen molar-refractivity contribution in [2.24, 2.45) is 4.99 Å². The van der Waals surface area contributed by atoms with Crippen LogP contribution in [0.25, 0.3) is 0 Å². The van der Waals surface area contributed by atoms with Crippen molar-refractivity contribution in [3.8, 4) is 0 Å². The van der Waals surface area contributed by atoms with Crippen molar-refractivity contribution < 1.29 is 14.4 Å². The van der Waals surface area contributed by atoms with Crippen LogP contribution in [0.2, 0.25) is 15.1 Å². The van der Waals surface area contributed by atoms with Crippen LogP contribution in [0.5, 0.6) is 0 Å². The molecule has 0 saturated carbocycles. The fourth-order valence-corrected chi connectivity index (χ4v) is 4.12. The van der Waals surface area contributed by atoms with E-state index in [1.54, 1.807) is 50.4 Å². The molecule has 1 N–H and O–H groups in total. The first kappa shape index (κ1) is 24.6. The second-order valence-electron chi connectivity index (χ2n) is 6.85. The number of carbonyl (C=O) groups excluding carboxylic acids is 1. The molecule has 0 saturated heterocycles. The average molecular weight is 514 g/mol. The standard InChI is InChI=1S/C23H20Cl4N2O3/c1-3-31-23(30)20-13(2)29-22(27)18(21(20)14-4-7-16(24)8-5-14)11-28-32-12-15-6-9-17(25)10-19(15)26/h4-11,21,28H,3,12H2,1-2H3/t21-/m0/s1. The molecule has 168 valence electrons. The molecule has 1 aliphatic rings. The molecule has 1 atom stereocenters. The van der Waals surface area contributed by atoms with Crippen molar-refractivity contribution in [2.45, 2.75) is 26.4 Å². The van der Waals surface area contributed by atoms with E-state index in [1.807, 2.05) is 12.1 Å². The number of nitrogens with zero attached hydrogens (tertiary/aromatic N) is 1. The number of hydrogen-bond donors (Lipinski definition) is 1. The van der Waals surface area contributed by atoms with E-state index in [1.165, 1.54) is 0 Å². The van der Waals surface area contributed by atoms with Crippen LogP contribution in [0.1, 0.15) is 30.9 Å². The number of hydrogen-bond acceptors (Lipinski definition) is 5. The molecular weight excluding hydrogens is 494 g/mol. The van der Waals surface area contributed by atoms with Crippen molar-refractivity contribution >= 4 is 57.5 Å². The molecule has 9 heteroatoms. The first-order chi connectivity index (χ1) is 15.3. The number of benzene rings is 2. The SMILES string of the molecule is CCOC(=O)C1=C(C)N=C(Cl)C(=CNOCc2ccc(Cl)cc2Cl)[C@@H]1c1ccc(Cl)cc1. The number of carbonyl (C=O) groups is 1. The fourth-order valence-electron chi connectivity index (χ4n) is 3.24. The molecule has 0 aromatic heterocycles. The Labute approximate surface area is 206 Å². The monoisotopic (exact) mass is 512 g/mol. The number of ether oxygens (including phenoxy) is 1. The lowest BCUT2D eigenvalue weighted by molar-refractivity contribution is -0.138. The first-order valence-electron chi connectivity index (χ1n) is 9.71. The highest BCUT2D eigenvalue weighted by Gasteiger charge is 2.34. The van der Waals surface area contributed by atoms with Gasteiger partial charge in [-0.25, -0.2) is 9.79 Å². The molecule has 5 nitrogen and oxygen atoms in total. The smallest absolute Gasteiger partial charge is 0.336 e. The molecule has 1 heterocycles. The zero-order chi connectivity index (χ0) is 23.3. The molecule has 0 amide bonds. The highest BCUT2D eigenvalue weighted by molar-refractivity contribution is 6.70. The fraction of sp³-hybridized carbons (Fsp3) is 0.217. The summed E-state index contributed by atoms with van der Waals surface area (Å²) in [6.07, 6.45) is 1.57. The number of halogens is 4. The normalized spacial score (nSPS) is 17.4. The Hall–Kier alpha value is -2.02. The van der Waals surface area contributed by atoms with Crippen LogP contribution in [0.15, 0.2) is 70.5 Å². The molecule has 0 radical (unpaired) electrons. The molecule has 2 aromatic carbocycles. The lowest BCUT2D eigenvalue weighted by atomic mass is 9.82. The Morgan fingerprint density at radius 1 is 1.09 bits per heavy atom. The molecule has 0 spiro atoms. The summed E-state index contributed by atoms with van der Waals surface area (Å²) in [6.45, 7) is 3.89. The predicted molar refractivity (Wildman–Crippen MR) is 129 cm³/mol. The average Bonchev–Trinajstić information content (AvgIpc) is 2.74. The maximum Gasteiger partial charge on any atom is 0.336 e. The van der Waals surface area contributed by atoms with Crippen LogP contribution < -0.4 is 5.48 Å². The minimum absolute atomic E-state index is 0.180. The lowest BCUT2D eigenvalue weighted by Crippen LogP contribution is -2.25. The van der Waals surface area contributed by atoms with Crippen molar-refractivity contribution in [3.63, 3.8) is 0 Å². The van der Waals surface area contributed by atoms with Crippen LogP contribution in [0.4, 0.5) is 0 Å².